The number of carboxylic acid groups (broad SMARTS) is 1. The third-order valence-electron chi connectivity index (χ3n) is 7.07. The Balaban J connectivity index is 0.000000838. The van der Waals surface area contributed by atoms with E-state index >= 15 is 0 Å². The fourth-order valence-electron chi connectivity index (χ4n) is 4.68. The number of nitrogens with zero attached hydrogens (tertiary/aromatic N) is 4. The summed E-state index contributed by atoms with van der Waals surface area (Å²) < 4.78 is 53.5. The molecular weight excluding hydrogens is 692 g/mol. The van der Waals surface area contributed by atoms with Gasteiger partial charge in [0.15, 0.2) is 28.3 Å². The molecule has 13 nitrogen and oxygen atoms in total. The number of hydrogen-bond acceptors (Lipinski definition) is 10. The number of rotatable bonds is 13. The van der Waals surface area contributed by atoms with Crippen molar-refractivity contribution in [2.45, 2.75) is 45.6 Å². The van der Waals surface area contributed by atoms with Gasteiger partial charge in [-0.15, -0.1) is 0 Å². The van der Waals surface area contributed by atoms with Crippen molar-refractivity contribution in [2.24, 2.45) is 0 Å². The van der Waals surface area contributed by atoms with E-state index in [0.717, 1.165) is 27.7 Å². The number of imidazole rings is 1. The van der Waals surface area contributed by atoms with Crippen LogP contribution in [0.4, 0.5) is 19.0 Å². The fraction of sp³-hybridized carbons (Fsp3) is 0.355. The van der Waals surface area contributed by atoms with Crippen molar-refractivity contribution < 1.29 is 51.6 Å². The normalized spacial score (nSPS) is 11.5. The van der Waals surface area contributed by atoms with Gasteiger partial charge in [-0.05, 0) is 44.4 Å². The molecule has 0 aliphatic heterocycles. The Hall–Kier alpha value is -4.53. The summed E-state index contributed by atoms with van der Waals surface area (Å²) >= 11 is 5.88. The number of nitrogens with two attached hydrogens (primary N) is 1. The molecule has 4 rings (SSSR count). The second kappa shape index (κ2) is 16.7. The van der Waals surface area contributed by atoms with Gasteiger partial charge in [-0.2, -0.15) is 13.2 Å². The van der Waals surface area contributed by atoms with Crippen LogP contribution in [0.25, 0.3) is 11.0 Å². The van der Waals surface area contributed by atoms with Crippen molar-refractivity contribution in [1.29, 1.82) is 0 Å². The number of anilines is 1. The third-order valence-corrected chi connectivity index (χ3v) is 8.79. The predicted octanol–water partition coefficient (Wildman–Crippen LogP) is 2.02. The number of ether oxygens (including phenoxy) is 1. The lowest BCUT2D eigenvalue weighted by Gasteiger charge is -2.08. The van der Waals surface area contributed by atoms with E-state index in [1.54, 1.807) is 19.4 Å². The van der Waals surface area contributed by atoms with E-state index in [9.17, 15) is 32.4 Å². The number of carbonyl (C=O) groups is 3. The molecular formula is C31H35ClF3N6O7P. The van der Waals surface area contributed by atoms with Crippen LogP contribution in [-0.4, -0.2) is 70.0 Å². The molecule has 18 heteroatoms. The first-order valence-corrected chi connectivity index (χ1v) is 17.7. The summed E-state index contributed by atoms with van der Waals surface area (Å²) in [5, 5.41) is 22.3. The van der Waals surface area contributed by atoms with Crippen molar-refractivity contribution in [3.63, 3.8) is 0 Å². The number of fused-ring (bicyclic) bond motifs is 1. The van der Waals surface area contributed by atoms with Crippen LogP contribution in [0, 0.1) is 0 Å². The summed E-state index contributed by atoms with van der Waals surface area (Å²) in [4.78, 5) is 42.0. The van der Waals surface area contributed by atoms with Crippen molar-refractivity contribution >= 4 is 58.6 Å². The molecule has 0 saturated heterocycles. The number of ketones is 1. The van der Waals surface area contributed by atoms with E-state index in [-0.39, 0.29) is 48.8 Å². The number of nitrogens with one attached hydrogen (secondary N) is 1. The Bertz CT molecular complexity index is 1860. The largest absolute Gasteiger partial charge is 0.542 e. The lowest BCUT2D eigenvalue weighted by atomic mass is 10.1. The Morgan fingerprint density at radius 1 is 1.16 bits per heavy atom. The molecule has 0 saturated carbocycles. The van der Waals surface area contributed by atoms with Crippen molar-refractivity contribution in [3.05, 3.63) is 70.9 Å². The van der Waals surface area contributed by atoms with Crippen LogP contribution < -0.4 is 30.8 Å². The highest BCUT2D eigenvalue weighted by molar-refractivity contribution is 7.70. The fourth-order valence-corrected chi connectivity index (χ4v) is 5.68. The number of aliphatic carboxylic acids is 1. The van der Waals surface area contributed by atoms with Crippen LogP contribution >= 0.6 is 18.7 Å². The number of Topliss-reactive ketones (excluding diaryl/α,β-unsaturated/α-hetero) is 1. The first-order valence-electron chi connectivity index (χ1n) is 14.7. The molecule has 0 atom stereocenters. The quantitative estimate of drug-likeness (QED) is 0.136. The highest BCUT2D eigenvalue weighted by Gasteiger charge is 2.29. The van der Waals surface area contributed by atoms with Gasteiger partial charge in [0, 0.05) is 17.8 Å². The maximum atomic E-state index is 12.8. The van der Waals surface area contributed by atoms with Crippen molar-refractivity contribution in [2.75, 3.05) is 32.3 Å². The molecule has 264 valence electrons. The molecule has 0 radical (unpaired) electrons. The molecule has 0 spiro atoms. The van der Waals surface area contributed by atoms with Crippen molar-refractivity contribution in [3.8, 4) is 5.75 Å². The zero-order valence-electron chi connectivity index (χ0n) is 26.8. The van der Waals surface area contributed by atoms with E-state index in [4.69, 9.17) is 32.0 Å². The standard InChI is InChI=1S/C29H34ClN6O5P.C2HF3O2/c1-4-35-23-12-9-21(41-18-20(38)8-5-19-6-10-22(11-7-19)42(2,3)40)15-24(23)36(13-14-37)26(35)17-33-29(39)27-28(31)32-16-25(30)34-27;3-2(4,5)1(6)7/h6-7,9-12,15-16,37H,4-5,8,13-14,17-18H2,1-3H3,(H2-,31,32,33,39);(H,6,7). The summed E-state index contributed by atoms with van der Waals surface area (Å²) in [6.45, 7) is 6.24. The number of aliphatic hydroxyl groups excluding tert-OH is 1. The van der Waals surface area contributed by atoms with Gasteiger partial charge in [0.1, 0.15) is 43.7 Å². The number of carbonyl (C=O) groups excluding carboxylic acids is 3. The van der Waals surface area contributed by atoms with Gasteiger partial charge in [0.25, 0.3) is 11.7 Å². The minimum Gasteiger partial charge on any atom is -0.542 e. The average molecular weight is 727 g/mol. The highest BCUT2D eigenvalue weighted by Crippen LogP contribution is 2.34. The number of alkyl halides is 3. The summed E-state index contributed by atoms with van der Waals surface area (Å²) in [5.41, 5.74) is 8.40. The SMILES string of the molecule is CC[n+]1c(CNC(=O)c2nc(Cl)cnc2N)n(CCO)c2cc(OCC(=O)CCc3ccc(P(C)(C)=O)cc3)ccc21.O=C([O-])C(F)(F)F. The minimum absolute atomic E-state index is 0.0325. The van der Waals surface area contributed by atoms with Crippen LogP contribution in [0.2, 0.25) is 5.15 Å². The molecule has 0 unspecified atom stereocenters. The molecule has 0 bridgehead atoms. The number of nitrogen functional groups attached to an aromatic ring is 1. The van der Waals surface area contributed by atoms with Crippen LogP contribution in [0.15, 0.2) is 48.7 Å². The first-order chi connectivity index (χ1) is 23.0. The minimum atomic E-state index is -5.19. The predicted molar refractivity (Wildman–Crippen MR) is 173 cm³/mol. The first kappa shape index (κ1) is 38.9. The van der Waals surface area contributed by atoms with E-state index in [1.807, 2.05) is 52.5 Å². The van der Waals surface area contributed by atoms with E-state index in [1.165, 1.54) is 6.20 Å². The molecule has 0 aliphatic rings. The highest BCUT2D eigenvalue weighted by atomic mass is 35.5. The van der Waals surface area contributed by atoms with Gasteiger partial charge in [0.05, 0.1) is 19.3 Å². The van der Waals surface area contributed by atoms with Gasteiger partial charge in [0.2, 0.25) is 0 Å². The maximum absolute atomic E-state index is 12.8. The molecule has 4 N–H and O–H groups in total. The van der Waals surface area contributed by atoms with E-state index in [2.05, 4.69) is 15.3 Å². The number of aromatic nitrogens is 4. The zero-order chi connectivity index (χ0) is 36.5. The van der Waals surface area contributed by atoms with E-state index in [0.29, 0.717) is 25.1 Å². The summed E-state index contributed by atoms with van der Waals surface area (Å²) in [6.07, 6.45) is -3.04. The lowest BCUT2D eigenvalue weighted by molar-refractivity contribution is -0.676. The number of halogens is 4. The smallest absolute Gasteiger partial charge is 0.430 e. The summed E-state index contributed by atoms with van der Waals surface area (Å²) in [5.74, 6) is -2.36. The van der Waals surface area contributed by atoms with Crippen LogP contribution in [0.3, 0.4) is 0 Å². The summed E-state index contributed by atoms with van der Waals surface area (Å²) in [7, 11) is -2.31. The molecule has 4 aromatic rings. The molecule has 2 heterocycles. The number of aryl methyl sites for hydroxylation is 2. The molecule has 0 fully saturated rings. The van der Waals surface area contributed by atoms with Gasteiger partial charge < -0.3 is 35.4 Å². The Kier molecular flexibility index (Phi) is 13.3. The van der Waals surface area contributed by atoms with Gasteiger partial charge >= 0.3 is 6.18 Å². The molecule has 0 aliphatic carbocycles. The maximum Gasteiger partial charge on any atom is 0.430 e. The van der Waals surface area contributed by atoms with E-state index < -0.39 is 25.2 Å². The lowest BCUT2D eigenvalue weighted by Crippen LogP contribution is -2.40. The number of benzene rings is 2. The molecule has 2 aromatic carbocycles. The van der Waals surface area contributed by atoms with Gasteiger partial charge in [-0.25, -0.2) is 19.1 Å². The molecule has 1 amide bonds. The number of aliphatic hydroxyl groups is 1. The van der Waals surface area contributed by atoms with Crippen LogP contribution in [0.5, 0.6) is 5.75 Å². The molecule has 2 aromatic heterocycles. The number of hydrogen-bond donors (Lipinski definition) is 3. The Labute approximate surface area is 284 Å². The third kappa shape index (κ3) is 10.7. The Morgan fingerprint density at radius 3 is 2.39 bits per heavy atom. The second-order valence-electron chi connectivity index (χ2n) is 10.9. The topological polar surface area (TPSA) is 193 Å². The average Bonchev–Trinajstić information content (AvgIpc) is 3.33. The van der Waals surface area contributed by atoms with Gasteiger partial charge in [-0.1, -0.05) is 35.9 Å². The van der Waals surface area contributed by atoms with Crippen LogP contribution in [-0.2, 0) is 40.2 Å². The second-order valence-corrected chi connectivity index (χ2v) is 14.5. The monoisotopic (exact) mass is 726 g/mol. The van der Waals surface area contributed by atoms with Crippen LogP contribution in [0.1, 0.15) is 35.2 Å². The van der Waals surface area contributed by atoms with Gasteiger partial charge in [-0.3, -0.25) is 9.59 Å². The number of carboxylic acids is 1. The molecule has 49 heavy (non-hydrogen) atoms. The number of amides is 1. The summed E-state index contributed by atoms with van der Waals surface area (Å²) in [6, 6.07) is 13.0. The Morgan fingerprint density at radius 2 is 1.82 bits per heavy atom. The van der Waals surface area contributed by atoms with Crippen molar-refractivity contribution in [1.82, 2.24) is 19.9 Å². The zero-order valence-corrected chi connectivity index (χ0v) is 28.4.